The predicted molar refractivity (Wildman–Crippen MR) is 83.5 cm³/mol. The van der Waals surface area contributed by atoms with Gasteiger partial charge >= 0.3 is 0 Å². The normalized spacial score (nSPS) is 11.8. The van der Waals surface area contributed by atoms with E-state index >= 15 is 0 Å². The minimum Gasteiger partial charge on any atom is -0.396 e. The molecule has 0 aliphatic carbocycles. The summed E-state index contributed by atoms with van der Waals surface area (Å²) in [4.78, 5) is 0. The lowest BCUT2D eigenvalue weighted by atomic mass is 10.0. The van der Waals surface area contributed by atoms with Crippen molar-refractivity contribution in [2.24, 2.45) is 0 Å². The number of unbranched alkanes of at least 4 members (excludes halogenated alkanes) is 1. The molecule has 0 aliphatic rings. The summed E-state index contributed by atoms with van der Waals surface area (Å²) >= 11 is 0. The maximum Gasteiger partial charge on any atom is 0.0433 e. The molecule has 0 fully saturated rings. The Bertz CT molecular complexity index is 362. The molecule has 1 N–H and O–H groups in total. The zero-order chi connectivity index (χ0) is 13.9. The number of hydrogen-bond acceptors (Lipinski definition) is 1. The third-order valence-electron chi connectivity index (χ3n) is 3.45. The summed E-state index contributed by atoms with van der Waals surface area (Å²) < 4.78 is 0. The van der Waals surface area contributed by atoms with Crippen molar-refractivity contribution in [3.8, 4) is 0 Å². The summed E-state index contributed by atoms with van der Waals surface area (Å²) in [6.45, 7) is 4.72. The molecule has 1 rings (SSSR count). The molecule has 0 spiro atoms. The SMILES string of the molecule is CCCc1ccc(CCCC(C)=CCCCO)cc1. The fourth-order valence-corrected chi connectivity index (χ4v) is 2.27. The predicted octanol–water partition coefficient (Wildman–Crippen LogP) is 4.68. The van der Waals surface area contributed by atoms with Gasteiger partial charge in [0.2, 0.25) is 0 Å². The maximum absolute atomic E-state index is 8.74. The number of rotatable bonds is 9. The smallest absolute Gasteiger partial charge is 0.0433 e. The highest BCUT2D eigenvalue weighted by Gasteiger charge is 1.96. The molecule has 106 valence electrons. The first-order valence-electron chi connectivity index (χ1n) is 7.60. The van der Waals surface area contributed by atoms with Gasteiger partial charge in [-0.3, -0.25) is 0 Å². The summed E-state index contributed by atoms with van der Waals surface area (Å²) in [5.41, 5.74) is 4.35. The molecule has 0 bridgehead atoms. The van der Waals surface area contributed by atoms with Gasteiger partial charge < -0.3 is 5.11 Å². The van der Waals surface area contributed by atoms with Crippen LogP contribution < -0.4 is 0 Å². The van der Waals surface area contributed by atoms with E-state index in [2.05, 4.69) is 44.2 Å². The van der Waals surface area contributed by atoms with Crippen LogP contribution in [0.4, 0.5) is 0 Å². The molecule has 0 radical (unpaired) electrons. The van der Waals surface area contributed by atoms with E-state index in [0.29, 0.717) is 6.61 Å². The van der Waals surface area contributed by atoms with E-state index < -0.39 is 0 Å². The molecule has 0 unspecified atom stereocenters. The van der Waals surface area contributed by atoms with Gasteiger partial charge in [-0.25, -0.2) is 0 Å². The minimum atomic E-state index is 0.299. The Balaban J connectivity index is 2.26. The van der Waals surface area contributed by atoms with Crippen LogP contribution in [0.1, 0.15) is 57.1 Å². The molecular formula is C18H28O. The monoisotopic (exact) mass is 260 g/mol. The number of benzene rings is 1. The Morgan fingerprint density at radius 1 is 1.05 bits per heavy atom. The zero-order valence-corrected chi connectivity index (χ0v) is 12.5. The van der Waals surface area contributed by atoms with Gasteiger partial charge in [-0.1, -0.05) is 49.3 Å². The molecular weight excluding hydrogens is 232 g/mol. The van der Waals surface area contributed by atoms with Gasteiger partial charge in [-0.15, -0.1) is 0 Å². The van der Waals surface area contributed by atoms with E-state index in [1.54, 1.807) is 0 Å². The third-order valence-corrected chi connectivity index (χ3v) is 3.45. The Kier molecular flexibility index (Phi) is 8.24. The van der Waals surface area contributed by atoms with Gasteiger partial charge in [0.1, 0.15) is 0 Å². The molecule has 0 aromatic heterocycles. The van der Waals surface area contributed by atoms with E-state index in [9.17, 15) is 0 Å². The van der Waals surface area contributed by atoms with Crippen LogP contribution >= 0.6 is 0 Å². The first kappa shape index (κ1) is 16.0. The number of aliphatic hydroxyl groups excluding tert-OH is 1. The molecule has 0 saturated heterocycles. The largest absolute Gasteiger partial charge is 0.396 e. The highest BCUT2D eigenvalue weighted by molar-refractivity contribution is 5.22. The van der Waals surface area contributed by atoms with Crippen molar-refractivity contribution in [3.63, 3.8) is 0 Å². The van der Waals surface area contributed by atoms with Gasteiger partial charge in [0.05, 0.1) is 0 Å². The van der Waals surface area contributed by atoms with Crippen molar-refractivity contribution >= 4 is 0 Å². The van der Waals surface area contributed by atoms with Crippen LogP contribution in [0.2, 0.25) is 0 Å². The second-order valence-corrected chi connectivity index (χ2v) is 5.34. The van der Waals surface area contributed by atoms with Crippen molar-refractivity contribution in [2.75, 3.05) is 6.61 Å². The van der Waals surface area contributed by atoms with Crippen LogP contribution in [0.5, 0.6) is 0 Å². The molecule has 0 aliphatic heterocycles. The van der Waals surface area contributed by atoms with Crippen molar-refractivity contribution in [1.82, 2.24) is 0 Å². The van der Waals surface area contributed by atoms with E-state index in [-0.39, 0.29) is 0 Å². The first-order chi connectivity index (χ1) is 9.26. The molecule has 0 saturated carbocycles. The summed E-state index contributed by atoms with van der Waals surface area (Å²) in [6.07, 6.45) is 10.1. The van der Waals surface area contributed by atoms with Crippen LogP contribution in [-0.2, 0) is 12.8 Å². The van der Waals surface area contributed by atoms with Crippen molar-refractivity contribution in [3.05, 3.63) is 47.0 Å². The van der Waals surface area contributed by atoms with E-state index in [4.69, 9.17) is 5.11 Å². The minimum absolute atomic E-state index is 0.299. The number of aryl methyl sites for hydroxylation is 2. The van der Waals surface area contributed by atoms with Gasteiger partial charge in [-0.05, 0) is 56.6 Å². The summed E-state index contributed by atoms with van der Waals surface area (Å²) in [5, 5.41) is 8.74. The standard InChI is InChI=1S/C18H28O/c1-3-7-17-11-13-18(14-12-17)10-6-9-16(2)8-4-5-15-19/h8,11-14,19H,3-7,9-10,15H2,1-2H3. The summed E-state index contributed by atoms with van der Waals surface area (Å²) in [7, 11) is 0. The topological polar surface area (TPSA) is 20.2 Å². The molecule has 0 amide bonds. The quantitative estimate of drug-likeness (QED) is 0.505. The number of aliphatic hydroxyl groups is 1. The van der Waals surface area contributed by atoms with Crippen LogP contribution in [0.3, 0.4) is 0 Å². The van der Waals surface area contributed by atoms with Crippen LogP contribution in [0.25, 0.3) is 0 Å². The molecule has 19 heavy (non-hydrogen) atoms. The van der Waals surface area contributed by atoms with Gasteiger partial charge in [0.25, 0.3) is 0 Å². The third kappa shape index (κ3) is 7.17. The molecule has 1 aromatic rings. The zero-order valence-electron chi connectivity index (χ0n) is 12.5. The fraction of sp³-hybridized carbons (Fsp3) is 0.556. The fourth-order valence-electron chi connectivity index (χ4n) is 2.27. The van der Waals surface area contributed by atoms with Crippen LogP contribution in [0.15, 0.2) is 35.9 Å². The Labute approximate surface area is 118 Å². The lowest BCUT2D eigenvalue weighted by Crippen LogP contribution is -1.89. The first-order valence-corrected chi connectivity index (χ1v) is 7.60. The average molecular weight is 260 g/mol. The van der Waals surface area contributed by atoms with Gasteiger partial charge in [-0.2, -0.15) is 0 Å². The summed E-state index contributed by atoms with van der Waals surface area (Å²) in [5.74, 6) is 0. The Hall–Kier alpha value is -1.08. The second-order valence-electron chi connectivity index (χ2n) is 5.34. The second kappa shape index (κ2) is 9.80. The van der Waals surface area contributed by atoms with Crippen molar-refractivity contribution < 1.29 is 5.11 Å². The highest BCUT2D eigenvalue weighted by Crippen LogP contribution is 2.12. The van der Waals surface area contributed by atoms with Gasteiger partial charge in [0, 0.05) is 6.61 Å². The van der Waals surface area contributed by atoms with Crippen molar-refractivity contribution in [2.45, 2.75) is 58.8 Å². The Morgan fingerprint density at radius 2 is 1.68 bits per heavy atom. The van der Waals surface area contributed by atoms with E-state index in [1.165, 1.54) is 42.4 Å². The van der Waals surface area contributed by atoms with Crippen molar-refractivity contribution in [1.29, 1.82) is 0 Å². The lowest BCUT2D eigenvalue weighted by molar-refractivity contribution is 0.289. The molecule has 1 aromatic carbocycles. The highest BCUT2D eigenvalue weighted by atomic mass is 16.2. The maximum atomic E-state index is 8.74. The molecule has 1 heteroatoms. The molecule has 1 nitrogen and oxygen atoms in total. The van der Waals surface area contributed by atoms with E-state index in [1.807, 2.05) is 0 Å². The van der Waals surface area contributed by atoms with Gasteiger partial charge in [0.15, 0.2) is 0 Å². The number of hydrogen-bond donors (Lipinski definition) is 1. The average Bonchev–Trinajstić information content (AvgIpc) is 2.41. The number of allylic oxidation sites excluding steroid dienone is 2. The molecule has 0 heterocycles. The van der Waals surface area contributed by atoms with Crippen LogP contribution in [-0.4, -0.2) is 11.7 Å². The lowest BCUT2D eigenvalue weighted by Gasteiger charge is -2.04. The van der Waals surface area contributed by atoms with E-state index in [0.717, 1.165) is 19.3 Å². The molecule has 0 atom stereocenters. The summed E-state index contributed by atoms with van der Waals surface area (Å²) in [6, 6.07) is 9.08. The van der Waals surface area contributed by atoms with Crippen LogP contribution in [0, 0.1) is 0 Å². The Morgan fingerprint density at radius 3 is 2.26 bits per heavy atom.